The predicted octanol–water partition coefficient (Wildman–Crippen LogP) is 10.5. The normalized spacial score (nSPS) is 16.1. The minimum atomic E-state index is -0.542. The summed E-state index contributed by atoms with van der Waals surface area (Å²) in [6.07, 6.45) is 6.84. The van der Waals surface area contributed by atoms with E-state index in [4.69, 9.17) is 23.2 Å². The summed E-state index contributed by atoms with van der Waals surface area (Å²) < 4.78 is 27.8. The lowest BCUT2D eigenvalue weighted by Crippen LogP contribution is -2.49. The molecule has 0 radical (unpaired) electrons. The Bertz CT molecular complexity index is 2410. The summed E-state index contributed by atoms with van der Waals surface area (Å²) in [5, 5.41) is 21.3. The van der Waals surface area contributed by atoms with Crippen LogP contribution in [0.3, 0.4) is 0 Å². The molecule has 0 bridgehead atoms. The fraction of sp³-hybridized carbons (Fsp3) is 0.314. The van der Waals surface area contributed by atoms with E-state index >= 15 is 4.79 Å². The summed E-state index contributed by atoms with van der Waals surface area (Å²) in [6.45, 7) is 3.79. The van der Waals surface area contributed by atoms with Gasteiger partial charge < -0.3 is 31.9 Å². The molecule has 8 rings (SSSR count). The highest BCUT2D eigenvalue weighted by atomic mass is 35.5. The molecule has 2 saturated heterocycles. The van der Waals surface area contributed by atoms with Crippen molar-refractivity contribution in [2.24, 2.45) is 0 Å². The van der Waals surface area contributed by atoms with Gasteiger partial charge in [0.05, 0.1) is 45.9 Å². The highest BCUT2D eigenvalue weighted by Crippen LogP contribution is 2.38. The zero-order valence-electron chi connectivity index (χ0n) is 37.1. The van der Waals surface area contributed by atoms with Gasteiger partial charge in [-0.1, -0.05) is 71.7 Å². The molecule has 11 nitrogen and oxygen atoms in total. The van der Waals surface area contributed by atoms with Gasteiger partial charge in [-0.25, -0.2) is 18.7 Å². The standard InChI is InChI=1S/C51H56Cl2F2N10O/c1-56-39-15-19-64(20-16-39)49(35-9-5-13-41(25-35)62-47-27-45(43(52)31-60-47)58-29-33-7-3-11-37(54)23-33)51(66)50(65-21-17-40(57-2)18-22-65)36-10-6-14-42(26-36)63-48-28-46(44(53)32-61-48)59-30-34-8-4-12-38(55)24-34/h3-14,23-28,31-32,39-40,49-50,56-57H,15-22,29-30H2,1-2H3,(H2,58,60,62)(H2,59,61,63). The maximum atomic E-state index is 15.8. The molecule has 2 unspecified atom stereocenters. The van der Waals surface area contributed by atoms with Gasteiger partial charge in [-0.2, -0.15) is 0 Å². The van der Waals surface area contributed by atoms with Crippen molar-refractivity contribution >= 4 is 63.4 Å². The second-order valence-corrected chi connectivity index (χ2v) is 17.8. The average Bonchev–Trinajstić information content (AvgIpc) is 3.33. The summed E-state index contributed by atoms with van der Waals surface area (Å²) in [5.74, 6) is 0.639. The molecular weight excluding hydrogens is 878 g/mol. The van der Waals surface area contributed by atoms with Crippen LogP contribution in [0.4, 0.5) is 43.2 Å². The number of hydrogen-bond donors (Lipinski definition) is 6. The van der Waals surface area contributed by atoms with Gasteiger partial charge in [-0.15, -0.1) is 0 Å². The Kier molecular flexibility index (Phi) is 15.8. The predicted molar refractivity (Wildman–Crippen MR) is 263 cm³/mol. The summed E-state index contributed by atoms with van der Waals surface area (Å²) in [6, 6.07) is 32.3. The molecule has 2 atom stereocenters. The number of hydrogen-bond acceptors (Lipinski definition) is 11. The lowest BCUT2D eigenvalue weighted by Gasteiger charge is -2.42. The number of halogens is 4. The van der Waals surface area contributed by atoms with Crippen molar-refractivity contribution in [1.82, 2.24) is 30.4 Å². The number of ketones is 1. The van der Waals surface area contributed by atoms with E-state index in [0.29, 0.717) is 58.2 Å². The molecule has 4 heterocycles. The molecule has 0 saturated carbocycles. The van der Waals surface area contributed by atoms with Crippen LogP contribution in [0.5, 0.6) is 0 Å². The summed E-state index contributed by atoms with van der Waals surface area (Å²) >= 11 is 13.1. The molecule has 15 heteroatoms. The van der Waals surface area contributed by atoms with Crippen molar-refractivity contribution in [2.75, 3.05) is 61.5 Å². The molecule has 2 aliphatic heterocycles. The number of anilines is 6. The lowest BCUT2D eigenvalue weighted by molar-refractivity contribution is -0.131. The van der Waals surface area contributed by atoms with Crippen LogP contribution in [0.2, 0.25) is 10.0 Å². The van der Waals surface area contributed by atoms with Gasteiger partial charge in [-0.3, -0.25) is 14.6 Å². The van der Waals surface area contributed by atoms with Crippen LogP contribution < -0.4 is 31.9 Å². The minimum absolute atomic E-state index is 0.108. The Labute approximate surface area is 395 Å². The van der Waals surface area contributed by atoms with E-state index in [-0.39, 0.29) is 17.4 Å². The number of carbonyl (C=O) groups is 1. The first-order valence-corrected chi connectivity index (χ1v) is 23.3. The number of pyridine rings is 2. The van der Waals surface area contributed by atoms with E-state index in [1.807, 2.05) is 74.8 Å². The molecule has 0 aliphatic carbocycles. The summed E-state index contributed by atoms with van der Waals surface area (Å²) in [4.78, 5) is 29.6. The zero-order chi connectivity index (χ0) is 46.0. The molecule has 6 aromatic rings. The Balaban J connectivity index is 1.08. The van der Waals surface area contributed by atoms with Crippen molar-refractivity contribution in [3.8, 4) is 0 Å². The van der Waals surface area contributed by atoms with E-state index in [1.54, 1.807) is 24.5 Å². The first-order valence-electron chi connectivity index (χ1n) is 22.5. The molecule has 66 heavy (non-hydrogen) atoms. The van der Waals surface area contributed by atoms with Gasteiger partial charge in [0.1, 0.15) is 23.3 Å². The van der Waals surface area contributed by atoms with Gasteiger partial charge in [0.25, 0.3) is 0 Å². The van der Waals surface area contributed by atoms with Crippen molar-refractivity contribution in [1.29, 1.82) is 0 Å². The molecule has 0 amide bonds. The summed E-state index contributed by atoms with van der Waals surface area (Å²) in [7, 11) is 4.00. The molecule has 0 spiro atoms. The Hall–Kier alpha value is -5.67. The Morgan fingerprint density at radius 1 is 0.606 bits per heavy atom. The number of carbonyl (C=O) groups excluding carboxylic acids is 1. The SMILES string of the molecule is CNC1CCN(C(C(=O)C(c2cccc(Nc3cc(NCc4cccc(F)c4)c(Cl)cn3)c2)N2CCC(NC)CC2)c2cccc(Nc3cc(NCc4cccc(F)c4)c(Cl)cn3)c2)CC1. The first-order chi connectivity index (χ1) is 32.1. The summed E-state index contributed by atoms with van der Waals surface area (Å²) in [5.41, 5.74) is 6.21. The van der Waals surface area contributed by atoms with Crippen LogP contribution in [-0.4, -0.2) is 77.9 Å². The number of Topliss-reactive ketones (excluding diaryl/α,β-unsaturated/α-hetero) is 1. The topological polar surface area (TPSA) is 122 Å². The van der Waals surface area contributed by atoms with E-state index in [1.165, 1.54) is 24.3 Å². The first kappa shape index (κ1) is 46.8. The number of nitrogens with zero attached hydrogens (tertiary/aromatic N) is 4. The molecular formula is C51H56Cl2F2N10O. The van der Waals surface area contributed by atoms with E-state index in [0.717, 1.165) is 85.5 Å². The fourth-order valence-electron chi connectivity index (χ4n) is 8.99. The third-order valence-corrected chi connectivity index (χ3v) is 13.2. The highest BCUT2D eigenvalue weighted by molar-refractivity contribution is 6.33. The van der Waals surface area contributed by atoms with Crippen LogP contribution in [-0.2, 0) is 17.9 Å². The number of likely N-dealkylation sites (tertiary alicyclic amines) is 2. The molecule has 2 aromatic heterocycles. The van der Waals surface area contributed by atoms with Crippen LogP contribution in [0, 0.1) is 11.6 Å². The van der Waals surface area contributed by atoms with Crippen LogP contribution in [0.25, 0.3) is 0 Å². The van der Waals surface area contributed by atoms with E-state index in [9.17, 15) is 8.78 Å². The number of nitrogens with one attached hydrogen (secondary N) is 6. The largest absolute Gasteiger partial charge is 0.380 e. The number of piperidine rings is 2. The quantitative estimate of drug-likeness (QED) is 0.0494. The van der Waals surface area contributed by atoms with Gasteiger partial charge >= 0.3 is 0 Å². The highest BCUT2D eigenvalue weighted by Gasteiger charge is 2.39. The van der Waals surface area contributed by atoms with Crippen molar-refractivity contribution < 1.29 is 13.6 Å². The maximum Gasteiger partial charge on any atom is 0.176 e. The van der Waals surface area contributed by atoms with Gasteiger partial charge in [0.15, 0.2) is 5.78 Å². The number of benzene rings is 4. The van der Waals surface area contributed by atoms with E-state index < -0.39 is 12.1 Å². The van der Waals surface area contributed by atoms with Gasteiger partial charge in [0.2, 0.25) is 0 Å². The van der Waals surface area contributed by atoms with E-state index in [2.05, 4.69) is 63.8 Å². The zero-order valence-corrected chi connectivity index (χ0v) is 38.6. The second-order valence-electron chi connectivity index (χ2n) is 17.0. The third-order valence-electron chi connectivity index (χ3n) is 12.5. The van der Waals surface area contributed by atoms with Crippen LogP contribution in [0.15, 0.2) is 122 Å². The molecule has 2 fully saturated rings. The van der Waals surface area contributed by atoms with Gasteiger partial charge in [-0.05, 0) is 111 Å². The smallest absolute Gasteiger partial charge is 0.176 e. The third kappa shape index (κ3) is 12.0. The monoisotopic (exact) mass is 932 g/mol. The Morgan fingerprint density at radius 2 is 1.02 bits per heavy atom. The minimum Gasteiger partial charge on any atom is -0.380 e. The molecule has 4 aromatic carbocycles. The average molecular weight is 934 g/mol. The van der Waals surface area contributed by atoms with Gasteiger partial charge in [0, 0.05) is 74.9 Å². The maximum absolute atomic E-state index is 15.8. The van der Waals surface area contributed by atoms with Crippen molar-refractivity contribution in [3.63, 3.8) is 0 Å². The molecule has 2 aliphatic rings. The second kappa shape index (κ2) is 22.2. The van der Waals surface area contributed by atoms with Crippen LogP contribution in [0.1, 0.15) is 60.0 Å². The Morgan fingerprint density at radius 3 is 1.41 bits per heavy atom. The fourth-order valence-corrected chi connectivity index (χ4v) is 9.33. The molecule has 6 N–H and O–H groups in total. The number of aromatic nitrogens is 2. The van der Waals surface area contributed by atoms with Crippen molar-refractivity contribution in [2.45, 2.75) is 62.9 Å². The molecule has 344 valence electrons. The number of rotatable bonds is 18. The van der Waals surface area contributed by atoms with Crippen molar-refractivity contribution in [3.05, 3.63) is 166 Å². The van der Waals surface area contributed by atoms with Crippen LogP contribution >= 0.6 is 23.2 Å². The lowest BCUT2D eigenvalue weighted by atomic mass is 9.88.